The van der Waals surface area contributed by atoms with Crippen molar-refractivity contribution in [2.24, 2.45) is 0 Å². The lowest BCUT2D eigenvalue weighted by Crippen LogP contribution is -2.21. The highest BCUT2D eigenvalue weighted by Crippen LogP contribution is 2.39. The molecule has 2 aromatic carbocycles. The maximum Gasteiger partial charge on any atom is 0.0939 e. The summed E-state index contributed by atoms with van der Waals surface area (Å²) in [6, 6.07) is 15.2. The van der Waals surface area contributed by atoms with Gasteiger partial charge in [0.2, 0.25) is 0 Å². The quantitative estimate of drug-likeness (QED) is 0.650. The Morgan fingerprint density at radius 2 is 1.79 bits per heavy atom. The molecule has 0 fully saturated rings. The third-order valence-electron chi connectivity index (χ3n) is 3.57. The summed E-state index contributed by atoms with van der Waals surface area (Å²) in [5.74, 6) is 0. The van der Waals surface area contributed by atoms with E-state index in [1.807, 2.05) is 11.3 Å². The lowest BCUT2D eigenvalue weighted by atomic mass is 10.1. The maximum atomic E-state index is 2.30. The van der Waals surface area contributed by atoms with Gasteiger partial charge in [0.1, 0.15) is 0 Å². The third kappa shape index (κ3) is 1.62. The summed E-state index contributed by atoms with van der Waals surface area (Å²) in [7, 11) is 2.10. The Morgan fingerprint density at radius 3 is 2.63 bits per heavy atom. The number of thiophene rings is 1. The Balaban J connectivity index is 1.99. The molecule has 2 nitrogen and oxygen atoms in total. The second kappa shape index (κ2) is 4.00. The second-order valence-corrected chi connectivity index (χ2v) is 5.97. The van der Waals surface area contributed by atoms with E-state index in [0.29, 0.717) is 0 Å². The molecule has 0 atom stereocenters. The molecule has 0 radical (unpaired) electrons. The van der Waals surface area contributed by atoms with E-state index in [-0.39, 0.29) is 0 Å². The van der Waals surface area contributed by atoms with Crippen LogP contribution in [0.25, 0.3) is 20.2 Å². The van der Waals surface area contributed by atoms with Gasteiger partial charge in [0.05, 0.1) is 17.1 Å². The van der Waals surface area contributed by atoms with Gasteiger partial charge in [-0.3, -0.25) is 0 Å². The van der Waals surface area contributed by atoms with Gasteiger partial charge < -0.3 is 9.80 Å². The van der Waals surface area contributed by atoms with Crippen molar-refractivity contribution in [2.75, 3.05) is 18.6 Å². The molecule has 4 rings (SSSR count). The van der Waals surface area contributed by atoms with Crippen LogP contribution in [-0.4, -0.2) is 18.6 Å². The van der Waals surface area contributed by atoms with Crippen molar-refractivity contribution in [2.45, 2.75) is 0 Å². The molecule has 1 aliphatic heterocycles. The van der Waals surface area contributed by atoms with Crippen LogP contribution in [-0.2, 0) is 0 Å². The Hall–Kier alpha value is -2.00. The van der Waals surface area contributed by atoms with Crippen molar-refractivity contribution in [3.05, 3.63) is 54.9 Å². The van der Waals surface area contributed by atoms with Gasteiger partial charge >= 0.3 is 0 Å². The summed E-state index contributed by atoms with van der Waals surface area (Å²) in [5, 5.41) is 2.72. The van der Waals surface area contributed by atoms with Gasteiger partial charge in [-0.15, -0.1) is 11.3 Å². The Morgan fingerprint density at radius 1 is 0.947 bits per heavy atom. The van der Waals surface area contributed by atoms with E-state index in [1.165, 1.54) is 25.9 Å². The van der Waals surface area contributed by atoms with Gasteiger partial charge in [-0.25, -0.2) is 0 Å². The van der Waals surface area contributed by atoms with Crippen molar-refractivity contribution in [1.29, 1.82) is 0 Å². The molecule has 3 aromatic rings. The van der Waals surface area contributed by atoms with Gasteiger partial charge in [-0.1, -0.05) is 30.3 Å². The fourth-order valence-electron chi connectivity index (χ4n) is 2.64. The monoisotopic (exact) mass is 266 g/mol. The largest absolute Gasteiger partial charge is 0.361 e. The summed E-state index contributed by atoms with van der Waals surface area (Å²) in [6.45, 7) is 0.924. The zero-order chi connectivity index (χ0) is 12.8. The van der Waals surface area contributed by atoms with Crippen LogP contribution in [0.2, 0.25) is 0 Å². The van der Waals surface area contributed by atoms with Crippen molar-refractivity contribution in [1.82, 2.24) is 4.90 Å². The van der Waals surface area contributed by atoms with Gasteiger partial charge in [-0.2, -0.15) is 0 Å². The van der Waals surface area contributed by atoms with Crippen molar-refractivity contribution < 1.29 is 0 Å². The van der Waals surface area contributed by atoms with E-state index in [0.717, 1.165) is 6.67 Å². The van der Waals surface area contributed by atoms with Crippen molar-refractivity contribution in [3.8, 4) is 0 Å². The molecular formula is C16H14N2S. The molecule has 0 spiro atoms. The average Bonchev–Trinajstić information content (AvgIpc) is 3.02. The molecule has 0 N–H and O–H groups in total. The number of nitrogens with zero attached hydrogens (tertiary/aromatic N) is 2. The molecule has 0 aliphatic carbocycles. The van der Waals surface area contributed by atoms with Crippen LogP contribution in [0, 0.1) is 0 Å². The molecule has 1 aromatic heterocycles. The smallest absolute Gasteiger partial charge is 0.0939 e. The van der Waals surface area contributed by atoms with Crippen LogP contribution in [0.4, 0.5) is 5.69 Å². The van der Waals surface area contributed by atoms with Crippen molar-refractivity contribution >= 4 is 37.2 Å². The summed E-state index contributed by atoms with van der Waals surface area (Å²) in [4.78, 5) is 4.49. The Bertz CT molecular complexity index is 788. The number of fused-ring (bicyclic) bond motifs is 3. The molecule has 0 amide bonds. The summed E-state index contributed by atoms with van der Waals surface area (Å²) in [6.07, 6.45) is 4.27. The Labute approximate surface area is 116 Å². The first kappa shape index (κ1) is 10.9. The average molecular weight is 266 g/mol. The molecule has 3 heteroatoms. The van der Waals surface area contributed by atoms with Crippen LogP contribution in [0.1, 0.15) is 0 Å². The lowest BCUT2D eigenvalue weighted by Gasteiger charge is -2.18. The van der Waals surface area contributed by atoms with Crippen LogP contribution in [0.5, 0.6) is 0 Å². The van der Waals surface area contributed by atoms with Crippen LogP contribution in [0.3, 0.4) is 0 Å². The molecular weight excluding hydrogens is 252 g/mol. The zero-order valence-corrected chi connectivity index (χ0v) is 11.5. The molecule has 19 heavy (non-hydrogen) atoms. The molecule has 0 unspecified atom stereocenters. The fraction of sp³-hybridized carbons (Fsp3) is 0.125. The second-order valence-electron chi connectivity index (χ2n) is 4.92. The van der Waals surface area contributed by atoms with Gasteiger partial charge in [0, 0.05) is 34.9 Å². The number of hydrogen-bond donors (Lipinski definition) is 0. The summed E-state index contributed by atoms with van der Waals surface area (Å²) >= 11 is 1.88. The van der Waals surface area contributed by atoms with E-state index >= 15 is 0 Å². The van der Waals surface area contributed by atoms with E-state index in [4.69, 9.17) is 0 Å². The predicted octanol–water partition coefficient (Wildman–Crippen LogP) is 4.24. The zero-order valence-electron chi connectivity index (χ0n) is 10.7. The van der Waals surface area contributed by atoms with E-state index < -0.39 is 0 Å². The first-order valence-corrected chi connectivity index (χ1v) is 7.20. The van der Waals surface area contributed by atoms with E-state index in [2.05, 4.69) is 71.7 Å². The SMILES string of the molecule is CN1C=CN(c2cccc3c2sc2ccccc23)C1. The lowest BCUT2D eigenvalue weighted by molar-refractivity contribution is 0.496. The molecule has 0 bridgehead atoms. The standard InChI is InChI=1S/C16H14N2S/c1-17-9-10-18(11-17)14-7-4-6-13-12-5-2-3-8-15(12)19-16(13)14/h2-10H,11H2,1H3. The highest BCUT2D eigenvalue weighted by molar-refractivity contribution is 7.26. The molecule has 0 saturated carbocycles. The van der Waals surface area contributed by atoms with E-state index in [1.54, 1.807) is 0 Å². The highest BCUT2D eigenvalue weighted by Gasteiger charge is 2.15. The number of rotatable bonds is 1. The molecule has 0 saturated heterocycles. The fourth-order valence-corrected chi connectivity index (χ4v) is 3.88. The minimum atomic E-state index is 0.924. The van der Waals surface area contributed by atoms with E-state index in [9.17, 15) is 0 Å². The number of hydrogen-bond acceptors (Lipinski definition) is 3. The summed E-state index contributed by atoms with van der Waals surface area (Å²) < 4.78 is 2.74. The normalized spacial score (nSPS) is 15.0. The molecule has 2 heterocycles. The summed E-state index contributed by atoms with van der Waals surface area (Å²) in [5.41, 5.74) is 1.30. The van der Waals surface area contributed by atoms with Crippen LogP contribution in [0.15, 0.2) is 54.9 Å². The van der Waals surface area contributed by atoms with Gasteiger partial charge in [0.25, 0.3) is 0 Å². The minimum absolute atomic E-state index is 0.924. The third-order valence-corrected chi connectivity index (χ3v) is 4.78. The highest BCUT2D eigenvalue weighted by atomic mass is 32.1. The van der Waals surface area contributed by atoms with Gasteiger partial charge in [0.15, 0.2) is 0 Å². The van der Waals surface area contributed by atoms with Crippen LogP contribution < -0.4 is 4.90 Å². The molecule has 94 valence electrons. The van der Waals surface area contributed by atoms with Gasteiger partial charge in [-0.05, 0) is 12.1 Å². The maximum absolute atomic E-state index is 2.30. The number of anilines is 1. The predicted molar refractivity (Wildman–Crippen MR) is 83.6 cm³/mol. The Kier molecular flexibility index (Phi) is 2.29. The topological polar surface area (TPSA) is 6.48 Å². The minimum Gasteiger partial charge on any atom is -0.361 e. The first-order chi connectivity index (χ1) is 9.33. The first-order valence-electron chi connectivity index (χ1n) is 6.38. The molecule has 1 aliphatic rings. The van der Waals surface area contributed by atoms with Crippen LogP contribution >= 0.6 is 11.3 Å². The van der Waals surface area contributed by atoms with Crippen molar-refractivity contribution in [3.63, 3.8) is 0 Å². The number of benzene rings is 2.